The molecule has 0 amide bonds. The standard InChI is InChI=1S/C20H21FN6O2/c1-4-5-10-27-19-22-17-16(25(19)11-13(2)23-27)18(28)26(20(29)24(17)3)12-14-8-6-7-9-15(14)21/h4-9H,10-12H2,1-3H3. The number of aromatic nitrogens is 4. The third-order valence-corrected chi connectivity index (χ3v) is 4.92. The molecule has 1 aliphatic heterocycles. The van der Waals surface area contributed by atoms with E-state index in [1.165, 1.54) is 10.6 Å². The topological polar surface area (TPSA) is 77.4 Å². The minimum atomic E-state index is -0.543. The first-order chi connectivity index (χ1) is 13.9. The van der Waals surface area contributed by atoms with Gasteiger partial charge in [0.2, 0.25) is 5.95 Å². The highest BCUT2D eigenvalue weighted by atomic mass is 19.1. The number of hydrogen-bond acceptors (Lipinski definition) is 5. The van der Waals surface area contributed by atoms with Crippen LogP contribution in [0.1, 0.15) is 19.4 Å². The molecule has 1 aliphatic rings. The molecule has 0 aliphatic carbocycles. The Morgan fingerprint density at radius 2 is 2.00 bits per heavy atom. The SMILES string of the molecule is CC=CCN1N=C(C)Cn2c1nc1c2c(=O)n(Cc2ccccc2F)c(=O)n1C. The first kappa shape index (κ1) is 18.9. The molecule has 8 nitrogen and oxygen atoms in total. The van der Waals surface area contributed by atoms with Gasteiger partial charge in [-0.25, -0.2) is 14.2 Å². The van der Waals surface area contributed by atoms with Crippen LogP contribution in [0.5, 0.6) is 0 Å². The average Bonchev–Trinajstić information content (AvgIpc) is 3.08. The van der Waals surface area contributed by atoms with Crippen molar-refractivity contribution in [2.24, 2.45) is 12.1 Å². The lowest BCUT2D eigenvalue weighted by Gasteiger charge is -2.23. The summed E-state index contributed by atoms with van der Waals surface area (Å²) >= 11 is 0. The van der Waals surface area contributed by atoms with Gasteiger partial charge in [-0.1, -0.05) is 30.4 Å². The zero-order valence-corrected chi connectivity index (χ0v) is 16.5. The van der Waals surface area contributed by atoms with Gasteiger partial charge in [0.15, 0.2) is 11.2 Å². The van der Waals surface area contributed by atoms with E-state index in [0.29, 0.717) is 24.6 Å². The smallest absolute Gasteiger partial charge is 0.297 e. The lowest BCUT2D eigenvalue weighted by molar-refractivity contribution is 0.582. The summed E-state index contributed by atoms with van der Waals surface area (Å²) in [5.74, 6) is 0.0387. The molecule has 3 aromatic rings. The van der Waals surface area contributed by atoms with Crippen LogP contribution in [-0.4, -0.2) is 30.9 Å². The van der Waals surface area contributed by atoms with Crippen LogP contribution in [0.3, 0.4) is 0 Å². The van der Waals surface area contributed by atoms with E-state index in [1.807, 2.05) is 26.0 Å². The van der Waals surface area contributed by atoms with Crippen molar-refractivity contribution < 1.29 is 4.39 Å². The van der Waals surface area contributed by atoms with Gasteiger partial charge in [0.1, 0.15) is 5.82 Å². The quantitative estimate of drug-likeness (QED) is 0.631. The fourth-order valence-electron chi connectivity index (χ4n) is 3.48. The summed E-state index contributed by atoms with van der Waals surface area (Å²) in [4.78, 5) is 30.7. The van der Waals surface area contributed by atoms with Gasteiger partial charge in [0.05, 0.1) is 25.3 Å². The van der Waals surface area contributed by atoms with E-state index in [-0.39, 0.29) is 17.8 Å². The molecule has 0 saturated heterocycles. The second kappa shape index (κ2) is 7.16. The number of aryl methyl sites for hydroxylation is 1. The molecule has 0 unspecified atom stereocenters. The van der Waals surface area contributed by atoms with Crippen LogP contribution in [0.4, 0.5) is 10.3 Å². The van der Waals surface area contributed by atoms with Crippen molar-refractivity contribution in [1.29, 1.82) is 0 Å². The summed E-state index contributed by atoms with van der Waals surface area (Å²) in [6.07, 6.45) is 3.84. The first-order valence-corrected chi connectivity index (χ1v) is 9.28. The molecule has 4 rings (SSSR count). The summed E-state index contributed by atoms with van der Waals surface area (Å²) in [6, 6.07) is 6.11. The molecular weight excluding hydrogens is 375 g/mol. The van der Waals surface area contributed by atoms with E-state index in [2.05, 4.69) is 10.1 Å². The zero-order chi connectivity index (χ0) is 20.7. The Hall–Kier alpha value is -3.49. The van der Waals surface area contributed by atoms with Crippen LogP contribution in [0.15, 0.2) is 51.1 Å². The minimum absolute atomic E-state index is 0.149. The Morgan fingerprint density at radius 3 is 2.72 bits per heavy atom. The van der Waals surface area contributed by atoms with Crippen molar-refractivity contribution in [2.75, 3.05) is 11.6 Å². The number of fused-ring (bicyclic) bond motifs is 3. The largest absolute Gasteiger partial charge is 0.332 e. The number of imidazole rings is 1. The summed E-state index contributed by atoms with van der Waals surface area (Å²) in [5, 5.41) is 6.21. The zero-order valence-electron chi connectivity index (χ0n) is 16.5. The summed E-state index contributed by atoms with van der Waals surface area (Å²) in [5.41, 5.74) is 0.644. The number of nitrogens with zero attached hydrogens (tertiary/aromatic N) is 6. The Bertz CT molecular complexity index is 1280. The Morgan fingerprint density at radius 1 is 1.24 bits per heavy atom. The van der Waals surface area contributed by atoms with Gasteiger partial charge in [0, 0.05) is 12.6 Å². The molecule has 0 saturated carbocycles. The summed E-state index contributed by atoms with van der Waals surface area (Å²) in [7, 11) is 1.56. The molecule has 0 bridgehead atoms. The number of halogens is 1. The number of hydrogen-bond donors (Lipinski definition) is 0. The fraction of sp³-hybridized carbons (Fsp3) is 0.300. The second-order valence-electron chi connectivity index (χ2n) is 6.98. The maximum absolute atomic E-state index is 14.1. The maximum atomic E-state index is 14.1. The van der Waals surface area contributed by atoms with Crippen molar-refractivity contribution in [3.05, 3.63) is 68.6 Å². The van der Waals surface area contributed by atoms with E-state index < -0.39 is 17.1 Å². The van der Waals surface area contributed by atoms with E-state index in [4.69, 9.17) is 0 Å². The highest BCUT2D eigenvalue weighted by Gasteiger charge is 2.26. The van der Waals surface area contributed by atoms with Crippen LogP contribution in [0, 0.1) is 5.82 Å². The third kappa shape index (κ3) is 3.08. The predicted molar refractivity (Wildman–Crippen MR) is 110 cm³/mol. The minimum Gasteiger partial charge on any atom is -0.297 e. The van der Waals surface area contributed by atoms with Gasteiger partial charge in [0.25, 0.3) is 5.56 Å². The van der Waals surface area contributed by atoms with Gasteiger partial charge in [-0.15, -0.1) is 0 Å². The van der Waals surface area contributed by atoms with Crippen LogP contribution in [-0.2, 0) is 20.1 Å². The van der Waals surface area contributed by atoms with Gasteiger partial charge < -0.3 is 0 Å². The molecule has 0 N–H and O–H groups in total. The molecule has 150 valence electrons. The second-order valence-corrected chi connectivity index (χ2v) is 6.98. The molecule has 0 fully saturated rings. The monoisotopic (exact) mass is 396 g/mol. The average molecular weight is 396 g/mol. The number of rotatable bonds is 4. The van der Waals surface area contributed by atoms with Gasteiger partial charge >= 0.3 is 5.69 Å². The molecule has 3 heterocycles. The van der Waals surface area contributed by atoms with E-state index >= 15 is 0 Å². The van der Waals surface area contributed by atoms with Crippen LogP contribution >= 0.6 is 0 Å². The highest BCUT2D eigenvalue weighted by molar-refractivity contribution is 5.87. The van der Waals surface area contributed by atoms with Gasteiger partial charge in [-0.3, -0.25) is 18.5 Å². The van der Waals surface area contributed by atoms with Crippen LogP contribution in [0.25, 0.3) is 11.2 Å². The Kier molecular flexibility index (Phi) is 4.65. The summed E-state index contributed by atoms with van der Waals surface area (Å²) in [6.45, 7) is 4.52. The number of hydrazone groups is 1. The van der Waals surface area contributed by atoms with Crippen LogP contribution < -0.4 is 16.3 Å². The summed E-state index contributed by atoms with van der Waals surface area (Å²) < 4.78 is 18.3. The Labute approximate surface area is 165 Å². The first-order valence-electron chi connectivity index (χ1n) is 9.28. The number of benzene rings is 1. The predicted octanol–water partition coefficient (Wildman–Crippen LogP) is 1.86. The van der Waals surface area contributed by atoms with Crippen molar-refractivity contribution in [3.63, 3.8) is 0 Å². The fourth-order valence-corrected chi connectivity index (χ4v) is 3.48. The molecule has 0 atom stereocenters. The van der Waals surface area contributed by atoms with Crippen molar-refractivity contribution in [3.8, 4) is 0 Å². The van der Waals surface area contributed by atoms with E-state index in [1.54, 1.807) is 34.8 Å². The molecule has 0 radical (unpaired) electrons. The maximum Gasteiger partial charge on any atom is 0.332 e. The molecule has 2 aromatic heterocycles. The van der Waals surface area contributed by atoms with Crippen molar-refractivity contribution in [1.82, 2.24) is 18.7 Å². The number of anilines is 1. The van der Waals surface area contributed by atoms with E-state index in [9.17, 15) is 14.0 Å². The molecular formula is C20H21FN6O2. The molecule has 9 heteroatoms. The van der Waals surface area contributed by atoms with Crippen molar-refractivity contribution in [2.45, 2.75) is 26.9 Å². The van der Waals surface area contributed by atoms with Crippen molar-refractivity contribution >= 4 is 22.8 Å². The molecule has 29 heavy (non-hydrogen) atoms. The van der Waals surface area contributed by atoms with Crippen LogP contribution in [0.2, 0.25) is 0 Å². The lowest BCUT2D eigenvalue weighted by atomic mass is 10.2. The number of allylic oxidation sites excluding steroid dienone is 1. The molecule has 0 spiro atoms. The Balaban J connectivity index is 1.94. The highest BCUT2D eigenvalue weighted by Crippen LogP contribution is 2.23. The lowest BCUT2D eigenvalue weighted by Crippen LogP contribution is -2.40. The molecule has 1 aromatic carbocycles. The van der Waals surface area contributed by atoms with Gasteiger partial charge in [-0.05, 0) is 19.9 Å². The van der Waals surface area contributed by atoms with E-state index in [0.717, 1.165) is 10.3 Å². The normalized spacial score (nSPS) is 13.9. The third-order valence-electron chi connectivity index (χ3n) is 4.92. The van der Waals surface area contributed by atoms with Gasteiger partial charge in [-0.2, -0.15) is 10.1 Å².